The summed E-state index contributed by atoms with van der Waals surface area (Å²) >= 11 is 1.59. The Morgan fingerprint density at radius 1 is 1.39 bits per heavy atom. The number of amides is 1. The molecule has 1 aliphatic rings. The quantitative estimate of drug-likeness (QED) is 0.493. The van der Waals surface area contributed by atoms with Crippen molar-refractivity contribution in [3.05, 3.63) is 58.1 Å². The van der Waals surface area contributed by atoms with Gasteiger partial charge < -0.3 is 19.5 Å². The maximum absolute atomic E-state index is 13.2. The van der Waals surface area contributed by atoms with Crippen LogP contribution in [0, 0.1) is 0 Å². The van der Waals surface area contributed by atoms with Gasteiger partial charge in [-0.3, -0.25) is 14.0 Å². The molecular formula is C21H22N6O3S. The molecule has 1 amide bonds. The number of fused-ring (bicyclic) bond motifs is 2. The summed E-state index contributed by atoms with van der Waals surface area (Å²) in [6, 6.07) is 7.05. The van der Waals surface area contributed by atoms with Crippen LogP contribution >= 0.6 is 11.3 Å². The van der Waals surface area contributed by atoms with Crippen LogP contribution in [0.5, 0.6) is 0 Å². The molecule has 1 N–H and O–H groups in total. The average molecular weight is 439 g/mol. The van der Waals surface area contributed by atoms with Crippen LogP contribution in [-0.4, -0.2) is 57.7 Å². The number of ether oxygens (including phenoxy) is 1. The summed E-state index contributed by atoms with van der Waals surface area (Å²) in [7, 11) is 1.61. The molecule has 0 aliphatic carbocycles. The number of nitrogens with one attached hydrogen (secondary N) is 1. The normalized spacial score (nSPS) is 16.4. The third-order valence-corrected chi connectivity index (χ3v) is 6.37. The van der Waals surface area contributed by atoms with E-state index in [1.165, 1.54) is 4.40 Å². The minimum absolute atomic E-state index is 0.0124. The number of aromatic nitrogens is 4. The standard InChI is InChI=1S/C21H22N6O3S/c1-30-10-9-26-16(12-15-18(26)24-17-4-2-3-7-27(17)20(15)29)19(28)23-14-5-8-25(13-14)21-22-6-11-31-21/h2-4,6-7,11-12,14H,5,8-10,13H2,1H3,(H,23,28)/t14-/m1/s1. The second-order valence-corrected chi connectivity index (χ2v) is 8.35. The van der Waals surface area contributed by atoms with Crippen LogP contribution in [0.1, 0.15) is 16.9 Å². The predicted octanol–water partition coefficient (Wildman–Crippen LogP) is 1.76. The van der Waals surface area contributed by atoms with Gasteiger partial charge in [0, 0.05) is 50.6 Å². The lowest BCUT2D eigenvalue weighted by Crippen LogP contribution is -2.38. The largest absolute Gasteiger partial charge is 0.383 e. The van der Waals surface area contributed by atoms with Gasteiger partial charge in [0.15, 0.2) is 5.13 Å². The highest BCUT2D eigenvalue weighted by atomic mass is 32.1. The lowest BCUT2D eigenvalue weighted by Gasteiger charge is -2.16. The number of carbonyl (C=O) groups excluding carboxylic acids is 1. The second kappa shape index (κ2) is 8.12. The van der Waals surface area contributed by atoms with Gasteiger partial charge in [0.05, 0.1) is 12.0 Å². The first-order valence-corrected chi connectivity index (χ1v) is 11.0. The lowest BCUT2D eigenvalue weighted by molar-refractivity contribution is 0.0929. The Kier molecular flexibility index (Phi) is 5.16. The lowest BCUT2D eigenvalue weighted by atomic mass is 10.2. The number of rotatable bonds is 6. The number of hydrogen-bond acceptors (Lipinski definition) is 7. The van der Waals surface area contributed by atoms with E-state index in [2.05, 4.69) is 20.2 Å². The van der Waals surface area contributed by atoms with Gasteiger partial charge in [-0.05, 0) is 24.6 Å². The fourth-order valence-electron chi connectivity index (χ4n) is 4.03. The summed E-state index contributed by atoms with van der Waals surface area (Å²) in [5.41, 5.74) is 1.26. The fourth-order valence-corrected chi connectivity index (χ4v) is 4.71. The third-order valence-electron chi connectivity index (χ3n) is 5.54. The number of pyridine rings is 1. The minimum Gasteiger partial charge on any atom is -0.383 e. The SMILES string of the molecule is COCCn1c(C(=O)N[C@@H]2CCN(c3nccs3)C2)cc2c(=O)n3ccccc3nc21. The molecule has 0 radical (unpaired) electrons. The highest BCUT2D eigenvalue weighted by molar-refractivity contribution is 7.13. The third kappa shape index (κ3) is 3.57. The van der Waals surface area contributed by atoms with Gasteiger partial charge in [0.1, 0.15) is 17.0 Å². The van der Waals surface area contributed by atoms with E-state index >= 15 is 0 Å². The van der Waals surface area contributed by atoms with Crippen molar-refractivity contribution < 1.29 is 9.53 Å². The van der Waals surface area contributed by atoms with Gasteiger partial charge in [-0.25, -0.2) is 9.97 Å². The molecule has 0 spiro atoms. The van der Waals surface area contributed by atoms with Gasteiger partial charge in [-0.2, -0.15) is 0 Å². The number of nitrogens with zero attached hydrogens (tertiary/aromatic N) is 5. The van der Waals surface area contributed by atoms with Crippen LogP contribution in [0.25, 0.3) is 16.7 Å². The minimum atomic E-state index is -0.214. The first-order chi connectivity index (χ1) is 15.2. The van der Waals surface area contributed by atoms with Crippen LogP contribution in [0.2, 0.25) is 0 Å². The molecule has 1 aliphatic heterocycles. The summed E-state index contributed by atoms with van der Waals surface area (Å²) in [6.45, 7) is 2.39. The van der Waals surface area contributed by atoms with E-state index in [0.717, 1.165) is 18.1 Å². The van der Waals surface area contributed by atoms with E-state index in [4.69, 9.17) is 4.74 Å². The number of carbonyl (C=O) groups is 1. The van der Waals surface area contributed by atoms with E-state index in [1.807, 2.05) is 11.4 Å². The highest BCUT2D eigenvalue weighted by Crippen LogP contribution is 2.23. The van der Waals surface area contributed by atoms with Crippen LogP contribution in [0.4, 0.5) is 5.13 Å². The van der Waals surface area contributed by atoms with Gasteiger partial charge in [0.2, 0.25) is 0 Å². The average Bonchev–Trinajstić information content (AvgIpc) is 3.52. The number of hydrogen-bond donors (Lipinski definition) is 1. The van der Waals surface area contributed by atoms with Crippen molar-refractivity contribution in [2.75, 3.05) is 31.7 Å². The summed E-state index contributed by atoms with van der Waals surface area (Å²) in [4.78, 5) is 37.4. The molecule has 1 fully saturated rings. The maximum atomic E-state index is 13.2. The molecule has 5 heterocycles. The number of methoxy groups -OCH3 is 1. The van der Waals surface area contributed by atoms with E-state index in [1.54, 1.807) is 53.6 Å². The highest BCUT2D eigenvalue weighted by Gasteiger charge is 2.27. The molecule has 5 rings (SSSR count). The van der Waals surface area contributed by atoms with E-state index in [-0.39, 0.29) is 17.5 Å². The van der Waals surface area contributed by atoms with Crippen molar-refractivity contribution in [2.45, 2.75) is 19.0 Å². The Morgan fingerprint density at radius 2 is 2.29 bits per heavy atom. The molecule has 9 nitrogen and oxygen atoms in total. The summed E-state index contributed by atoms with van der Waals surface area (Å²) in [5, 5.41) is 6.46. The first-order valence-electron chi connectivity index (χ1n) is 10.1. The van der Waals surface area contributed by atoms with Gasteiger partial charge in [-0.15, -0.1) is 11.3 Å². The molecule has 0 saturated carbocycles. The zero-order valence-corrected chi connectivity index (χ0v) is 17.8. The van der Waals surface area contributed by atoms with Crippen molar-refractivity contribution >= 4 is 39.1 Å². The molecule has 0 unspecified atom stereocenters. The van der Waals surface area contributed by atoms with Crippen LogP contribution in [0.15, 0.2) is 46.8 Å². The van der Waals surface area contributed by atoms with Crippen molar-refractivity contribution in [3.63, 3.8) is 0 Å². The molecular weight excluding hydrogens is 416 g/mol. The summed E-state index contributed by atoms with van der Waals surface area (Å²) < 4.78 is 8.50. The molecule has 1 saturated heterocycles. The molecule has 1 atom stereocenters. The van der Waals surface area contributed by atoms with Crippen LogP contribution in [0.3, 0.4) is 0 Å². The molecule has 4 aromatic heterocycles. The molecule has 0 bridgehead atoms. The monoisotopic (exact) mass is 438 g/mol. The summed E-state index contributed by atoms with van der Waals surface area (Å²) in [5.74, 6) is -0.214. The first kappa shape index (κ1) is 19.7. The second-order valence-electron chi connectivity index (χ2n) is 7.48. The van der Waals surface area contributed by atoms with Crippen molar-refractivity contribution in [1.82, 2.24) is 24.3 Å². The molecule has 0 aromatic carbocycles. The van der Waals surface area contributed by atoms with Gasteiger partial charge in [0.25, 0.3) is 11.5 Å². The Balaban J connectivity index is 1.48. The Labute approximate surface area is 181 Å². The van der Waals surface area contributed by atoms with Crippen LogP contribution < -0.4 is 15.8 Å². The van der Waals surface area contributed by atoms with Crippen molar-refractivity contribution in [1.29, 1.82) is 0 Å². The van der Waals surface area contributed by atoms with E-state index in [0.29, 0.717) is 42.1 Å². The van der Waals surface area contributed by atoms with Gasteiger partial charge in [-0.1, -0.05) is 6.07 Å². The summed E-state index contributed by atoms with van der Waals surface area (Å²) in [6.07, 6.45) is 4.31. The number of thiazole rings is 1. The van der Waals surface area contributed by atoms with Crippen molar-refractivity contribution in [2.24, 2.45) is 0 Å². The van der Waals surface area contributed by atoms with Gasteiger partial charge >= 0.3 is 0 Å². The molecule has 4 aromatic rings. The van der Waals surface area contributed by atoms with Crippen molar-refractivity contribution in [3.8, 4) is 0 Å². The zero-order valence-electron chi connectivity index (χ0n) is 17.0. The number of anilines is 1. The molecule has 31 heavy (non-hydrogen) atoms. The molecule has 160 valence electrons. The topological polar surface area (TPSA) is 93.8 Å². The smallest absolute Gasteiger partial charge is 0.268 e. The maximum Gasteiger partial charge on any atom is 0.268 e. The molecule has 10 heteroatoms. The van der Waals surface area contributed by atoms with E-state index < -0.39 is 0 Å². The van der Waals surface area contributed by atoms with E-state index in [9.17, 15) is 9.59 Å². The fraction of sp³-hybridized carbons (Fsp3) is 0.333. The Morgan fingerprint density at radius 3 is 3.10 bits per heavy atom. The predicted molar refractivity (Wildman–Crippen MR) is 119 cm³/mol. The zero-order chi connectivity index (χ0) is 21.4. The van der Waals surface area contributed by atoms with Crippen LogP contribution in [-0.2, 0) is 11.3 Å². The Bertz CT molecular complexity index is 1300. The Hall–Kier alpha value is -3.24.